The van der Waals surface area contributed by atoms with Crippen LogP contribution in [0.3, 0.4) is 0 Å². The summed E-state index contributed by atoms with van der Waals surface area (Å²) in [4.78, 5) is 22.6. The monoisotopic (exact) mass is 267 g/mol. The van der Waals surface area contributed by atoms with E-state index in [0.717, 1.165) is 6.07 Å². The van der Waals surface area contributed by atoms with Crippen LogP contribution in [0.2, 0.25) is 0 Å². The van der Waals surface area contributed by atoms with Crippen LogP contribution in [0.25, 0.3) is 0 Å². The second-order valence-corrected chi connectivity index (χ2v) is 5.29. The predicted octanol–water partition coefficient (Wildman–Crippen LogP) is 2.32. The van der Waals surface area contributed by atoms with E-state index in [2.05, 4.69) is 5.32 Å². The smallest absolute Gasteiger partial charge is 0.258 e. The molecule has 1 rings (SSSR count). The number of benzene rings is 1. The van der Waals surface area contributed by atoms with Gasteiger partial charge in [0, 0.05) is 11.1 Å². The summed E-state index contributed by atoms with van der Waals surface area (Å²) < 4.78 is 18.7. The maximum Gasteiger partial charge on any atom is 0.258 e. The zero-order valence-electron chi connectivity index (χ0n) is 11.5. The molecule has 0 bridgehead atoms. The molecule has 19 heavy (non-hydrogen) atoms. The predicted molar refractivity (Wildman–Crippen MR) is 69.8 cm³/mol. The number of hydrogen-bond donors (Lipinski definition) is 1. The van der Waals surface area contributed by atoms with Crippen LogP contribution in [0.4, 0.5) is 4.39 Å². The van der Waals surface area contributed by atoms with Crippen molar-refractivity contribution >= 4 is 11.7 Å². The molecular weight excluding hydrogens is 249 g/mol. The molecule has 0 aliphatic heterocycles. The largest absolute Gasteiger partial charge is 0.481 e. The highest BCUT2D eigenvalue weighted by atomic mass is 19.1. The second kappa shape index (κ2) is 5.82. The molecular formula is C14H18FNO3. The lowest BCUT2D eigenvalue weighted by molar-refractivity contribution is -0.124. The Morgan fingerprint density at radius 2 is 1.95 bits per heavy atom. The third-order valence-electron chi connectivity index (χ3n) is 2.21. The molecule has 1 amide bonds. The van der Waals surface area contributed by atoms with Crippen LogP contribution >= 0.6 is 0 Å². The van der Waals surface area contributed by atoms with E-state index in [1.54, 1.807) is 0 Å². The number of amides is 1. The van der Waals surface area contributed by atoms with Gasteiger partial charge in [0.15, 0.2) is 24.0 Å². The SMILES string of the molecule is CC(=O)c1ccc(OCC(=O)NC(C)(C)C)c(F)c1. The highest BCUT2D eigenvalue weighted by Crippen LogP contribution is 2.18. The van der Waals surface area contributed by atoms with Crippen molar-refractivity contribution in [1.82, 2.24) is 5.32 Å². The van der Waals surface area contributed by atoms with Gasteiger partial charge in [-0.05, 0) is 45.9 Å². The van der Waals surface area contributed by atoms with Gasteiger partial charge in [0.25, 0.3) is 5.91 Å². The lowest BCUT2D eigenvalue weighted by atomic mass is 10.1. The maximum absolute atomic E-state index is 13.6. The number of ketones is 1. The average molecular weight is 267 g/mol. The summed E-state index contributed by atoms with van der Waals surface area (Å²) in [5.74, 6) is -1.26. The number of carbonyl (C=O) groups is 2. The molecule has 0 spiro atoms. The molecule has 104 valence electrons. The highest BCUT2D eigenvalue weighted by Gasteiger charge is 2.15. The van der Waals surface area contributed by atoms with Crippen LogP contribution in [-0.4, -0.2) is 23.8 Å². The van der Waals surface area contributed by atoms with Crippen LogP contribution in [0.5, 0.6) is 5.75 Å². The molecule has 1 aromatic carbocycles. The molecule has 0 saturated heterocycles. The van der Waals surface area contributed by atoms with Crippen LogP contribution in [0.15, 0.2) is 18.2 Å². The van der Waals surface area contributed by atoms with E-state index >= 15 is 0 Å². The topological polar surface area (TPSA) is 55.4 Å². The molecule has 0 aliphatic rings. The van der Waals surface area contributed by atoms with Crippen molar-refractivity contribution in [2.75, 3.05) is 6.61 Å². The van der Waals surface area contributed by atoms with Gasteiger partial charge in [-0.3, -0.25) is 9.59 Å². The van der Waals surface area contributed by atoms with E-state index in [-0.39, 0.29) is 35.1 Å². The summed E-state index contributed by atoms with van der Waals surface area (Å²) in [6.45, 7) is 6.60. The fraction of sp³-hybridized carbons (Fsp3) is 0.429. The minimum atomic E-state index is -0.656. The third-order valence-corrected chi connectivity index (χ3v) is 2.21. The number of carbonyl (C=O) groups excluding carboxylic acids is 2. The van der Waals surface area contributed by atoms with Crippen molar-refractivity contribution in [1.29, 1.82) is 0 Å². The zero-order valence-corrected chi connectivity index (χ0v) is 11.5. The molecule has 1 aromatic rings. The summed E-state index contributed by atoms with van der Waals surface area (Å²) in [5, 5.41) is 2.70. The van der Waals surface area contributed by atoms with Crippen molar-refractivity contribution < 1.29 is 18.7 Å². The normalized spacial score (nSPS) is 11.0. The number of rotatable bonds is 4. The Hall–Kier alpha value is -1.91. The van der Waals surface area contributed by atoms with Gasteiger partial charge in [-0.1, -0.05) is 0 Å². The minimum absolute atomic E-state index is 0.0472. The van der Waals surface area contributed by atoms with Gasteiger partial charge < -0.3 is 10.1 Å². The third kappa shape index (κ3) is 5.07. The summed E-state index contributed by atoms with van der Waals surface area (Å²) in [5.41, 5.74) is -0.0960. The molecule has 0 saturated carbocycles. The molecule has 0 atom stereocenters. The molecule has 5 heteroatoms. The van der Waals surface area contributed by atoms with Gasteiger partial charge >= 0.3 is 0 Å². The first kappa shape index (κ1) is 15.1. The molecule has 0 fully saturated rings. The van der Waals surface area contributed by atoms with E-state index in [9.17, 15) is 14.0 Å². The lowest BCUT2D eigenvalue weighted by Crippen LogP contribution is -2.43. The van der Waals surface area contributed by atoms with Gasteiger partial charge in [-0.25, -0.2) is 4.39 Å². The number of halogens is 1. The van der Waals surface area contributed by atoms with E-state index in [0.29, 0.717) is 0 Å². The molecule has 0 radical (unpaired) electrons. The molecule has 0 unspecified atom stereocenters. The standard InChI is InChI=1S/C14H18FNO3/c1-9(17)10-5-6-12(11(15)7-10)19-8-13(18)16-14(2,3)4/h5-7H,8H2,1-4H3,(H,16,18). The van der Waals surface area contributed by atoms with E-state index in [1.165, 1.54) is 19.1 Å². The zero-order chi connectivity index (χ0) is 14.6. The summed E-state index contributed by atoms with van der Waals surface area (Å²) >= 11 is 0. The van der Waals surface area contributed by atoms with Crippen molar-refractivity contribution in [2.45, 2.75) is 33.2 Å². The Labute approximate surface area is 112 Å². The minimum Gasteiger partial charge on any atom is -0.481 e. The molecule has 1 N–H and O–H groups in total. The van der Waals surface area contributed by atoms with Crippen LogP contribution in [0, 0.1) is 5.82 Å². The molecule has 0 aromatic heterocycles. The van der Waals surface area contributed by atoms with E-state index in [1.807, 2.05) is 20.8 Å². The molecule has 4 nitrogen and oxygen atoms in total. The number of nitrogens with one attached hydrogen (secondary N) is 1. The Morgan fingerprint density at radius 3 is 2.42 bits per heavy atom. The Kier molecular flexibility index (Phi) is 4.64. The summed E-state index contributed by atoms with van der Waals surface area (Å²) in [6, 6.07) is 3.90. The molecule has 0 aliphatic carbocycles. The fourth-order valence-corrected chi connectivity index (χ4v) is 1.43. The van der Waals surface area contributed by atoms with Crippen LogP contribution in [-0.2, 0) is 4.79 Å². The maximum atomic E-state index is 13.6. The first-order valence-electron chi connectivity index (χ1n) is 5.93. The summed E-state index contributed by atoms with van der Waals surface area (Å²) in [7, 11) is 0. The van der Waals surface area contributed by atoms with Crippen molar-refractivity contribution in [3.8, 4) is 5.75 Å². The van der Waals surface area contributed by atoms with Gasteiger partial charge in [-0.2, -0.15) is 0 Å². The Balaban J connectivity index is 2.64. The van der Waals surface area contributed by atoms with Gasteiger partial charge in [-0.15, -0.1) is 0 Å². The summed E-state index contributed by atoms with van der Waals surface area (Å²) in [6.07, 6.45) is 0. The van der Waals surface area contributed by atoms with Gasteiger partial charge in [0.05, 0.1) is 0 Å². The van der Waals surface area contributed by atoms with Crippen molar-refractivity contribution in [2.24, 2.45) is 0 Å². The van der Waals surface area contributed by atoms with E-state index < -0.39 is 5.82 Å². The van der Waals surface area contributed by atoms with Crippen LogP contribution in [0.1, 0.15) is 38.1 Å². The van der Waals surface area contributed by atoms with Crippen LogP contribution < -0.4 is 10.1 Å². The van der Waals surface area contributed by atoms with Gasteiger partial charge in [0.2, 0.25) is 0 Å². The number of ether oxygens (including phenoxy) is 1. The quantitative estimate of drug-likeness (QED) is 0.852. The average Bonchev–Trinajstić information content (AvgIpc) is 2.24. The van der Waals surface area contributed by atoms with Crippen molar-refractivity contribution in [3.63, 3.8) is 0 Å². The number of hydrogen-bond acceptors (Lipinski definition) is 3. The number of Topliss-reactive ketones (excluding diaryl/α,β-unsaturated/α-hetero) is 1. The Morgan fingerprint density at radius 1 is 1.32 bits per heavy atom. The molecule has 0 heterocycles. The second-order valence-electron chi connectivity index (χ2n) is 5.29. The highest BCUT2D eigenvalue weighted by molar-refractivity contribution is 5.94. The van der Waals surface area contributed by atoms with E-state index in [4.69, 9.17) is 4.74 Å². The fourth-order valence-electron chi connectivity index (χ4n) is 1.43. The first-order chi connectivity index (χ1) is 8.69. The van der Waals surface area contributed by atoms with Gasteiger partial charge in [0.1, 0.15) is 0 Å². The first-order valence-corrected chi connectivity index (χ1v) is 5.93. The lowest BCUT2D eigenvalue weighted by Gasteiger charge is -2.20. The Bertz CT molecular complexity index is 492. The van der Waals surface area contributed by atoms with Crippen molar-refractivity contribution in [3.05, 3.63) is 29.6 Å².